The smallest absolute Gasteiger partial charge is 0.328 e. The summed E-state index contributed by atoms with van der Waals surface area (Å²) in [4.78, 5) is 33.8. The van der Waals surface area contributed by atoms with Crippen molar-refractivity contribution in [3.8, 4) is 0 Å². The van der Waals surface area contributed by atoms with Gasteiger partial charge in [-0.05, 0) is 6.42 Å². The van der Waals surface area contributed by atoms with Crippen LogP contribution in [-0.2, 0) is 19.1 Å². The molecule has 0 aliphatic carbocycles. The molecule has 7 heteroatoms. The Hall–Kier alpha value is -1.92. The SMILES string of the molecule is CCC(NC(=O)C1=NNC(=O)CC1)C(=O)OC. The Labute approximate surface area is 98.6 Å². The van der Waals surface area contributed by atoms with Crippen molar-refractivity contribution in [2.75, 3.05) is 7.11 Å². The van der Waals surface area contributed by atoms with Gasteiger partial charge in [0.15, 0.2) is 0 Å². The van der Waals surface area contributed by atoms with Crippen molar-refractivity contribution < 1.29 is 19.1 Å². The summed E-state index contributed by atoms with van der Waals surface area (Å²) < 4.78 is 4.55. The maximum atomic E-state index is 11.7. The summed E-state index contributed by atoms with van der Waals surface area (Å²) in [5, 5.41) is 6.14. The van der Waals surface area contributed by atoms with Gasteiger partial charge in [0, 0.05) is 12.8 Å². The first-order chi connectivity index (χ1) is 8.08. The van der Waals surface area contributed by atoms with E-state index < -0.39 is 17.9 Å². The Balaban J connectivity index is 2.59. The van der Waals surface area contributed by atoms with Crippen molar-refractivity contribution in [2.45, 2.75) is 32.2 Å². The van der Waals surface area contributed by atoms with Gasteiger partial charge in [0.25, 0.3) is 5.91 Å². The number of ether oxygens (including phenoxy) is 1. The minimum Gasteiger partial charge on any atom is -0.467 e. The molecule has 0 saturated carbocycles. The lowest BCUT2D eigenvalue weighted by atomic mass is 10.1. The van der Waals surface area contributed by atoms with Crippen molar-refractivity contribution in [1.29, 1.82) is 0 Å². The van der Waals surface area contributed by atoms with E-state index in [1.807, 2.05) is 0 Å². The lowest BCUT2D eigenvalue weighted by Crippen LogP contribution is -2.45. The van der Waals surface area contributed by atoms with Crippen molar-refractivity contribution in [3.63, 3.8) is 0 Å². The van der Waals surface area contributed by atoms with Gasteiger partial charge < -0.3 is 10.1 Å². The molecule has 1 rings (SSSR count). The van der Waals surface area contributed by atoms with Crippen LogP contribution in [0.4, 0.5) is 0 Å². The molecule has 0 spiro atoms. The Morgan fingerprint density at radius 1 is 1.53 bits per heavy atom. The minimum atomic E-state index is -0.687. The maximum absolute atomic E-state index is 11.7. The van der Waals surface area contributed by atoms with Crippen LogP contribution in [0.1, 0.15) is 26.2 Å². The molecule has 2 N–H and O–H groups in total. The Morgan fingerprint density at radius 3 is 2.71 bits per heavy atom. The molecule has 2 amide bonds. The van der Waals surface area contributed by atoms with Crippen LogP contribution >= 0.6 is 0 Å². The van der Waals surface area contributed by atoms with Gasteiger partial charge in [0.05, 0.1) is 7.11 Å². The third-order valence-electron chi connectivity index (χ3n) is 2.37. The summed E-state index contributed by atoms with van der Waals surface area (Å²) >= 11 is 0. The number of amides is 2. The van der Waals surface area contributed by atoms with E-state index in [1.54, 1.807) is 6.92 Å². The van der Waals surface area contributed by atoms with E-state index in [9.17, 15) is 14.4 Å². The Morgan fingerprint density at radius 2 is 2.24 bits per heavy atom. The number of nitrogens with zero attached hydrogens (tertiary/aromatic N) is 1. The molecule has 1 unspecified atom stereocenters. The van der Waals surface area contributed by atoms with E-state index in [-0.39, 0.29) is 24.5 Å². The quantitative estimate of drug-likeness (QED) is 0.637. The van der Waals surface area contributed by atoms with Gasteiger partial charge in [-0.15, -0.1) is 0 Å². The molecule has 0 aromatic carbocycles. The number of methoxy groups -OCH3 is 1. The highest BCUT2D eigenvalue weighted by Gasteiger charge is 2.24. The van der Waals surface area contributed by atoms with Gasteiger partial charge in [0.1, 0.15) is 11.8 Å². The molecule has 0 aromatic rings. The fraction of sp³-hybridized carbons (Fsp3) is 0.600. The van der Waals surface area contributed by atoms with Crippen molar-refractivity contribution in [1.82, 2.24) is 10.7 Å². The van der Waals surface area contributed by atoms with E-state index in [2.05, 4.69) is 20.6 Å². The highest BCUT2D eigenvalue weighted by molar-refractivity contribution is 6.39. The summed E-state index contributed by atoms with van der Waals surface area (Å²) in [5.74, 6) is -1.18. The topological polar surface area (TPSA) is 96.9 Å². The molecule has 1 aliphatic heterocycles. The Bertz CT molecular complexity index is 365. The standard InChI is InChI=1S/C10H15N3O4/c1-3-6(10(16)17-2)11-9(15)7-4-5-8(14)13-12-7/h6H,3-5H2,1-2H3,(H,11,15)(H,13,14). The second kappa shape index (κ2) is 5.97. The van der Waals surface area contributed by atoms with Crippen LogP contribution in [0.3, 0.4) is 0 Å². The number of nitrogens with one attached hydrogen (secondary N) is 2. The third-order valence-corrected chi connectivity index (χ3v) is 2.37. The van der Waals surface area contributed by atoms with Crippen LogP contribution in [0, 0.1) is 0 Å². The first-order valence-electron chi connectivity index (χ1n) is 5.32. The van der Waals surface area contributed by atoms with Crippen LogP contribution in [-0.4, -0.2) is 36.6 Å². The van der Waals surface area contributed by atoms with E-state index in [0.29, 0.717) is 6.42 Å². The molecule has 94 valence electrons. The molecule has 0 fully saturated rings. The van der Waals surface area contributed by atoms with Crippen LogP contribution < -0.4 is 10.7 Å². The van der Waals surface area contributed by atoms with Gasteiger partial charge in [-0.2, -0.15) is 5.10 Å². The van der Waals surface area contributed by atoms with E-state index in [1.165, 1.54) is 7.11 Å². The zero-order valence-corrected chi connectivity index (χ0v) is 9.78. The molecular formula is C10H15N3O4. The fourth-order valence-electron chi connectivity index (χ4n) is 1.35. The predicted octanol–water partition coefficient (Wildman–Crippen LogP) is -0.680. The minimum absolute atomic E-state index is 0.215. The molecule has 0 saturated heterocycles. The normalized spacial score (nSPS) is 16.6. The number of rotatable bonds is 4. The highest BCUT2D eigenvalue weighted by atomic mass is 16.5. The molecule has 1 atom stereocenters. The van der Waals surface area contributed by atoms with Crippen LogP contribution in [0.2, 0.25) is 0 Å². The predicted molar refractivity (Wildman–Crippen MR) is 59.0 cm³/mol. The molecule has 0 aromatic heterocycles. The van der Waals surface area contributed by atoms with Gasteiger partial charge in [-0.1, -0.05) is 6.92 Å². The molecule has 7 nitrogen and oxygen atoms in total. The number of carbonyl (C=O) groups is 3. The van der Waals surface area contributed by atoms with Crippen molar-refractivity contribution >= 4 is 23.5 Å². The maximum Gasteiger partial charge on any atom is 0.328 e. The summed E-state index contributed by atoms with van der Waals surface area (Å²) in [6, 6.07) is -0.687. The number of carbonyl (C=O) groups excluding carboxylic acids is 3. The second-order valence-electron chi connectivity index (χ2n) is 3.55. The largest absolute Gasteiger partial charge is 0.467 e. The second-order valence-corrected chi connectivity index (χ2v) is 3.55. The van der Waals surface area contributed by atoms with Gasteiger partial charge in [-0.3, -0.25) is 9.59 Å². The van der Waals surface area contributed by atoms with Crippen LogP contribution in [0.5, 0.6) is 0 Å². The Kier molecular flexibility index (Phi) is 4.62. The van der Waals surface area contributed by atoms with Gasteiger partial charge in [0.2, 0.25) is 5.91 Å². The first kappa shape index (κ1) is 13.1. The summed E-state index contributed by atoms with van der Waals surface area (Å²) in [5.41, 5.74) is 2.43. The van der Waals surface area contributed by atoms with E-state index >= 15 is 0 Å². The van der Waals surface area contributed by atoms with Crippen LogP contribution in [0.25, 0.3) is 0 Å². The lowest BCUT2D eigenvalue weighted by Gasteiger charge is -2.16. The molecule has 1 aliphatic rings. The van der Waals surface area contributed by atoms with Gasteiger partial charge in [-0.25, -0.2) is 10.2 Å². The van der Waals surface area contributed by atoms with Crippen molar-refractivity contribution in [2.24, 2.45) is 5.10 Å². The summed E-state index contributed by atoms with van der Waals surface area (Å²) in [6.45, 7) is 1.76. The molecule has 0 radical (unpaired) electrons. The zero-order chi connectivity index (χ0) is 12.8. The molecule has 17 heavy (non-hydrogen) atoms. The lowest BCUT2D eigenvalue weighted by molar-refractivity contribution is -0.144. The van der Waals surface area contributed by atoms with Gasteiger partial charge >= 0.3 is 5.97 Å². The molecule has 1 heterocycles. The summed E-state index contributed by atoms with van der Waals surface area (Å²) in [6.07, 6.45) is 0.925. The van der Waals surface area contributed by atoms with Crippen LogP contribution in [0.15, 0.2) is 5.10 Å². The third kappa shape index (κ3) is 3.54. The summed E-state index contributed by atoms with van der Waals surface area (Å²) in [7, 11) is 1.26. The molecular weight excluding hydrogens is 226 g/mol. The zero-order valence-electron chi connectivity index (χ0n) is 9.78. The highest BCUT2D eigenvalue weighted by Crippen LogP contribution is 2.01. The number of hydrazone groups is 1. The fourth-order valence-corrected chi connectivity index (χ4v) is 1.35. The number of hydrogen-bond acceptors (Lipinski definition) is 5. The number of esters is 1. The first-order valence-corrected chi connectivity index (χ1v) is 5.32. The molecule has 0 bridgehead atoms. The average molecular weight is 241 g/mol. The average Bonchev–Trinajstić information content (AvgIpc) is 2.35. The number of hydrogen-bond donors (Lipinski definition) is 2. The van der Waals surface area contributed by atoms with Crippen molar-refractivity contribution in [3.05, 3.63) is 0 Å². The monoisotopic (exact) mass is 241 g/mol. The van der Waals surface area contributed by atoms with E-state index in [4.69, 9.17) is 0 Å². The van der Waals surface area contributed by atoms with E-state index in [0.717, 1.165) is 0 Å².